The Morgan fingerprint density at radius 3 is 2.94 bits per heavy atom. The molecule has 3 aromatic rings. The Balaban J connectivity index is 2.33. The van der Waals surface area contributed by atoms with Crippen molar-refractivity contribution < 1.29 is 9.53 Å². The average molecular weight is 240 g/mol. The van der Waals surface area contributed by atoms with E-state index in [-0.39, 0.29) is 0 Å². The van der Waals surface area contributed by atoms with Gasteiger partial charge in [0.25, 0.3) is 0 Å². The van der Waals surface area contributed by atoms with Crippen LogP contribution < -0.4 is 0 Å². The van der Waals surface area contributed by atoms with Gasteiger partial charge in [0.15, 0.2) is 0 Å². The number of aromatic nitrogens is 2. The summed E-state index contributed by atoms with van der Waals surface area (Å²) in [6.07, 6.45) is 1.68. The SMILES string of the molecule is CCOC(=O)c1ncc2ccc3ccccc3n12. The van der Waals surface area contributed by atoms with Crippen molar-refractivity contribution in [3.05, 3.63) is 48.4 Å². The molecule has 90 valence electrons. The molecule has 0 aliphatic carbocycles. The number of esters is 1. The van der Waals surface area contributed by atoms with Crippen LogP contribution >= 0.6 is 0 Å². The number of pyridine rings is 1. The first-order chi connectivity index (χ1) is 8.81. The van der Waals surface area contributed by atoms with E-state index in [0.29, 0.717) is 12.4 Å². The molecule has 4 heteroatoms. The number of imidazole rings is 1. The molecule has 0 N–H and O–H groups in total. The summed E-state index contributed by atoms with van der Waals surface area (Å²) in [5, 5.41) is 1.06. The lowest BCUT2D eigenvalue weighted by atomic mass is 10.2. The van der Waals surface area contributed by atoms with E-state index in [4.69, 9.17) is 4.74 Å². The van der Waals surface area contributed by atoms with Crippen molar-refractivity contribution in [1.82, 2.24) is 9.38 Å². The second-order valence-corrected chi connectivity index (χ2v) is 3.95. The zero-order valence-electron chi connectivity index (χ0n) is 9.96. The maximum Gasteiger partial charge on any atom is 0.374 e. The summed E-state index contributed by atoms with van der Waals surface area (Å²) >= 11 is 0. The number of fused-ring (bicyclic) bond motifs is 3. The number of hydrogen-bond donors (Lipinski definition) is 0. The van der Waals surface area contributed by atoms with Gasteiger partial charge in [-0.15, -0.1) is 0 Å². The van der Waals surface area contributed by atoms with Crippen LogP contribution in [-0.4, -0.2) is 22.0 Å². The van der Waals surface area contributed by atoms with E-state index in [1.165, 1.54) is 0 Å². The summed E-state index contributed by atoms with van der Waals surface area (Å²) in [6.45, 7) is 2.13. The normalized spacial score (nSPS) is 10.9. The average Bonchev–Trinajstić information content (AvgIpc) is 2.83. The summed E-state index contributed by atoms with van der Waals surface area (Å²) in [4.78, 5) is 16.0. The number of rotatable bonds is 2. The Morgan fingerprint density at radius 2 is 2.11 bits per heavy atom. The molecule has 0 bridgehead atoms. The first-order valence-electron chi connectivity index (χ1n) is 5.83. The molecule has 0 aliphatic heterocycles. The molecular formula is C14H12N2O2. The van der Waals surface area contributed by atoms with Gasteiger partial charge in [0.2, 0.25) is 5.82 Å². The fourth-order valence-corrected chi connectivity index (χ4v) is 2.08. The smallest absolute Gasteiger partial charge is 0.374 e. The molecule has 18 heavy (non-hydrogen) atoms. The van der Waals surface area contributed by atoms with E-state index in [1.807, 2.05) is 40.8 Å². The summed E-state index contributed by atoms with van der Waals surface area (Å²) < 4.78 is 6.85. The highest BCUT2D eigenvalue weighted by Crippen LogP contribution is 2.19. The third kappa shape index (κ3) is 1.54. The Hall–Kier alpha value is -2.36. The predicted molar refractivity (Wildman–Crippen MR) is 68.7 cm³/mol. The first-order valence-corrected chi connectivity index (χ1v) is 5.83. The van der Waals surface area contributed by atoms with Crippen molar-refractivity contribution in [2.75, 3.05) is 6.61 Å². The minimum atomic E-state index is -0.395. The zero-order chi connectivity index (χ0) is 12.5. The van der Waals surface area contributed by atoms with E-state index in [9.17, 15) is 4.79 Å². The molecule has 2 heterocycles. The van der Waals surface area contributed by atoms with Gasteiger partial charge in [-0.05, 0) is 24.4 Å². The highest BCUT2D eigenvalue weighted by atomic mass is 16.5. The summed E-state index contributed by atoms with van der Waals surface area (Å²) in [7, 11) is 0. The highest BCUT2D eigenvalue weighted by molar-refractivity contribution is 5.91. The quantitative estimate of drug-likeness (QED) is 0.647. The fraction of sp³-hybridized carbons (Fsp3) is 0.143. The van der Waals surface area contributed by atoms with Gasteiger partial charge < -0.3 is 4.74 Å². The molecule has 0 radical (unpaired) electrons. The largest absolute Gasteiger partial charge is 0.460 e. The molecular weight excluding hydrogens is 228 g/mol. The van der Waals surface area contributed by atoms with Crippen LogP contribution in [0.25, 0.3) is 16.4 Å². The van der Waals surface area contributed by atoms with E-state index in [2.05, 4.69) is 4.98 Å². The Bertz CT molecular complexity index is 731. The van der Waals surface area contributed by atoms with Gasteiger partial charge in [-0.3, -0.25) is 4.40 Å². The van der Waals surface area contributed by atoms with Gasteiger partial charge in [-0.25, -0.2) is 9.78 Å². The Labute approximate surface area is 104 Å². The summed E-state index contributed by atoms with van der Waals surface area (Å²) in [6, 6.07) is 11.8. The van der Waals surface area contributed by atoms with Crippen molar-refractivity contribution in [1.29, 1.82) is 0 Å². The Morgan fingerprint density at radius 1 is 1.28 bits per heavy atom. The molecule has 0 unspecified atom stereocenters. The van der Waals surface area contributed by atoms with Crippen LogP contribution in [0, 0.1) is 0 Å². The number of carbonyl (C=O) groups is 1. The van der Waals surface area contributed by atoms with E-state index >= 15 is 0 Å². The number of carbonyl (C=O) groups excluding carboxylic acids is 1. The molecule has 0 spiro atoms. The molecule has 1 aromatic carbocycles. The molecule has 0 aliphatic rings. The topological polar surface area (TPSA) is 43.6 Å². The Kier molecular flexibility index (Phi) is 2.48. The molecule has 3 rings (SSSR count). The summed E-state index contributed by atoms with van der Waals surface area (Å²) in [5.74, 6) is -0.0718. The summed E-state index contributed by atoms with van der Waals surface area (Å²) in [5.41, 5.74) is 1.84. The molecule has 0 fully saturated rings. The van der Waals surface area contributed by atoms with Crippen molar-refractivity contribution >= 4 is 22.4 Å². The second-order valence-electron chi connectivity index (χ2n) is 3.95. The maximum absolute atomic E-state index is 11.9. The lowest BCUT2D eigenvalue weighted by Gasteiger charge is -2.05. The van der Waals surface area contributed by atoms with Gasteiger partial charge in [-0.1, -0.05) is 24.3 Å². The van der Waals surface area contributed by atoms with Gasteiger partial charge in [-0.2, -0.15) is 0 Å². The third-order valence-corrected chi connectivity index (χ3v) is 2.86. The lowest BCUT2D eigenvalue weighted by Crippen LogP contribution is -2.09. The molecule has 0 saturated heterocycles. The van der Waals surface area contributed by atoms with Crippen molar-refractivity contribution in [3.8, 4) is 0 Å². The van der Waals surface area contributed by atoms with E-state index in [0.717, 1.165) is 16.4 Å². The van der Waals surface area contributed by atoms with Crippen molar-refractivity contribution in [2.24, 2.45) is 0 Å². The van der Waals surface area contributed by atoms with Crippen LogP contribution in [0.3, 0.4) is 0 Å². The molecule has 0 atom stereocenters. The van der Waals surface area contributed by atoms with Crippen LogP contribution in [-0.2, 0) is 4.74 Å². The molecule has 4 nitrogen and oxygen atoms in total. The number of benzene rings is 1. The maximum atomic E-state index is 11.9. The number of hydrogen-bond acceptors (Lipinski definition) is 3. The lowest BCUT2D eigenvalue weighted by molar-refractivity contribution is 0.0512. The number of nitrogens with zero attached hydrogens (tertiary/aromatic N) is 2. The minimum Gasteiger partial charge on any atom is -0.460 e. The van der Waals surface area contributed by atoms with Crippen molar-refractivity contribution in [2.45, 2.75) is 6.92 Å². The standard InChI is InChI=1S/C14H12N2O2/c1-2-18-14(17)13-15-9-11-8-7-10-5-3-4-6-12(10)16(11)13/h3-9H,2H2,1H3. The van der Waals surface area contributed by atoms with Crippen LogP contribution in [0.15, 0.2) is 42.6 Å². The first kappa shape index (κ1) is 10.8. The van der Waals surface area contributed by atoms with Crippen LogP contribution in [0.1, 0.15) is 17.5 Å². The van der Waals surface area contributed by atoms with Gasteiger partial charge >= 0.3 is 5.97 Å². The minimum absolute atomic E-state index is 0.323. The fourth-order valence-electron chi connectivity index (χ4n) is 2.08. The van der Waals surface area contributed by atoms with Crippen LogP contribution in [0.2, 0.25) is 0 Å². The molecule has 0 amide bonds. The molecule has 0 saturated carbocycles. The van der Waals surface area contributed by atoms with Crippen molar-refractivity contribution in [3.63, 3.8) is 0 Å². The van der Waals surface area contributed by atoms with Crippen LogP contribution in [0.4, 0.5) is 0 Å². The highest BCUT2D eigenvalue weighted by Gasteiger charge is 2.15. The second kappa shape index (κ2) is 4.14. The number of para-hydroxylation sites is 1. The number of ether oxygens (including phenoxy) is 1. The van der Waals surface area contributed by atoms with Gasteiger partial charge in [0.1, 0.15) is 0 Å². The van der Waals surface area contributed by atoms with Crippen LogP contribution in [0.5, 0.6) is 0 Å². The van der Waals surface area contributed by atoms with E-state index < -0.39 is 5.97 Å². The van der Waals surface area contributed by atoms with Gasteiger partial charge in [0, 0.05) is 0 Å². The molecule has 2 aromatic heterocycles. The zero-order valence-corrected chi connectivity index (χ0v) is 9.96. The monoisotopic (exact) mass is 240 g/mol. The van der Waals surface area contributed by atoms with E-state index in [1.54, 1.807) is 13.1 Å². The van der Waals surface area contributed by atoms with Gasteiger partial charge in [0.05, 0.1) is 23.8 Å². The third-order valence-electron chi connectivity index (χ3n) is 2.86. The predicted octanol–water partition coefficient (Wildman–Crippen LogP) is 2.66.